The summed E-state index contributed by atoms with van der Waals surface area (Å²) in [5, 5.41) is 0. The Bertz CT molecular complexity index is 722. The molecule has 0 aliphatic carbocycles. The number of ether oxygens (including phenoxy) is 1. The van der Waals surface area contributed by atoms with Gasteiger partial charge in [0.1, 0.15) is 11.4 Å². The van der Waals surface area contributed by atoms with Gasteiger partial charge in [-0.1, -0.05) is 12.1 Å². The van der Waals surface area contributed by atoms with Gasteiger partial charge in [-0.3, -0.25) is 0 Å². The van der Waals surface area contributed by atoms with Crippen LogP contribution in [-0.4, -0.2) is 39.2 Å². The first-order valence-electron chi connectivity index (χ1n) is 8.73. The van der Waals surface area contributed by atoms with Crippen LogP contribution in [0.1, 0.15) is 39.4 Å². The zero-order valence-electron chi connectivity index (χ0n) is 15.1. The van der Waals surface area contributed by atoms with Crippen molar-refractivity contribution in [2.24, 2.45) is 5.92 Å². The number of nitrogens with zero attached hydrogens (tertiary/aromatic N) is 3. The average molecular weight is 329 g/mol. The summed E-state index contributed by atoms with van der Waals surface area (Å²) < 4.78 is 7.78. The maximum atomic E-state index is 12.2. The molecule has 0 spiro atoms. The summed E-state index contributed by atoms with van der Waals surface area (Å²) in [6, 6.07) is 8.28. The largest absolute Gasteiger partial charge is 0.444 e. The Kier molecular flexibility index (Phi) is 4.52. The first-order valence-corrected chi connectivity index (χ1v) is 8.73. The summed E-state index contributed by atoms with van der Waals surface area (Å²) in [7, 11) is 0. The maximum absolute atomic E-state index is 12.2. The van der Waals surface area contributed by atoms with E-state index in [2.05, 4.69) is 34.7 Å². The molecule has 1 aliphatic rings. The van der Waals surface area contributed by atoms with Crippen molar-refractivity contribution in [2.75, 3.05) is 13.1 Å². The SMILES string of the molecule is Cc1nc2ccccc2n1CC1CCN(C(=O)OC(C)(C)C)CC1. The lowest BCUT2D eigenvalue weighted by molar-refractivity contribution is 0.0178. The molecule has 1 aromatic carbocycles. The third-order valence-corrected chi connectivity index (χ3v) is 4.55. The average Bonchev–Trinajstić information content (AvgIpc) is 2.82. The minimum Gasteiger partial charge on any atom is -0.444 e. The molecule has 2 heterocycles. The highest BCUT2D eigenvalue weighted by atomic mass is 16.6. The highest BCUT2D eigenvalue weighted by Gasteiger charge is 2.27. The molecule has 2 aromatic rings. The number of carbonyl (C=O) groups excluding carboxylic acids is 1. The van der Waals surface area contributed by atoms with E-state index in [4.69, 9.17) is 4.74 Å². The Morgan fingerprint density at radius 1 is 1.25 bits per heavy atom. The van der Waals surface area contributed by atoms with Gasteiger partial charge in [0.2, 0.25) is 0 Å². The molecule has 1 aromatic heterocycles. The number of piperidine rings is 1. The summed E-state index contributed by atoms with van der Waals surface area (Å²) in [6.07, 6.45) is 1.82. The second-order valence-corrected chi connectivity index (χ2v) is 7.67. The third kappa shape index (κ3) is 3.71. The van der Waals surface area contributed by atoms with E-state index < -0.39 is 5.60 Å². The van der Waals surface area contributed by atoms with E-state index in [1.54, 1.807) is 0 Å². The molecule has 5 heteroatoms. The number of para-hydroxylation sites is 2. The van der Waals surface area contributed by atoms with Crippen LogP contribution in [0.5, 0.6) is 0 Å². The summed E-state index contributed by atoms with van der Waals surface area (Å²) in [4.78, 5) is 18.6. The summed E-state index contributed by atoms with van der Waals surface area (Å²) in [6.45, 7) is 10.3. The predicted molar refractivity (Wildman–Crippen MR) is 95.0 cm³/mol. The number of amides is 1. The van der Waals surface area contributed by atoms with Gasteiger partial charge in [0.25, 0.3) is 0 Å². The van der Waals surface area contributed by atoms with Crippen LogP contribution in [0, 0.1) is 12.8 Å². The minimum absolute atomic E-state index is 0.190. The maximum Gasteiger partial charge on any atom is 0.410 e. The zero-order chi connectivity index (χ0) is 17.3. The molecular formula is C19H27N3O2. The lowest BCUT2D eigenvalue weighted by atomic mass is 9.97. The fourth-order valence-electron chi connectivity index (χ4n) is 3.31. The molecule has 5 nitrogen and oxygen atoms in total. The highest BCUT2D eigenvalue weighted by Crippen LogP contribution is 2.24. The zero-order valence-corrected chi connectivity index (χ0v) is 15.1. The molecular weight excluding hydrogens is 302 g/mol. The molecule has 130 valence electrons. The number of imidazole rings is 1. The Hall–Kier alpha value is -2.04. The molecule has 0 bridgehead atoms. The number of benzene rings is 1. The number of rotatable bonds is 2. The number of aryl methyl sites for hydroxylation is 1. The van der Waals surface area contributed by atoms with E-state index in [0.717, 1.165) is 43.8 Å². The lowest BCUT2D eigenvalue weighted by Crippen LogP contribution is -2.42. The molecule has 1 aliphatic heterocycles. The third-order valence-electron chi connectivity index (χ3n) is 4.55. The Balaban J connectivity index is 1.61. The van der Waals surface area contributed by atoms with Crippen molar-refractivity contribution in [1.82, 2.24) is 14.5 Å². The Morgan fingerprint density at radius 2 is 1.92 bits per heavy atom. The number of fused-ring (bicyclic) bond motifs is 1. The Labute approximate surface area is 143 Å². The van der Waals surface area contributed by atoms with Gasteiger partial charge in [0.15, 0.2) is 0 Å². The first kappa shape index (κ1) is 16.8. The van der Waals surface area contributed by atoms with Crippen molar-refractivity contribution in [3.63, 3.8) is 0 Å². The van der Waals surface area contributed by atoms with Gasteiger partial charge in [-0.2, -0.15) is 0 Å². The van der Waals surface area contributed by atoms with E-state index in [-0.39, 0.29) is 6.09 Å². The normalized spacial score (nSPS) is 16.6. The topological polar surface area (TPSA) is 47.4 Å². The van der Waals surface area contributed by atoms with Gasteiger partial charge in [-0.25, -0.2) is 9.78 Å². The van der Waals surface area contributed by atoms with E-state index in [1.165, 1.54) is 5.52 Å². The van der Waals surface area contributed by atoms with Crippen LogP contribution in [0.2, 0.25) is 0 Å². The van der Waals surface area contributed by atoms with Crippen molar-refractivity contribution < 1.29 is 9.53 Å². The van der Waals surface area contributed by atoms with E-state index in [1.807, 2.05) is 31.7 Å². The summed E-state index contributed by atoms with van der Waals surface area (Å²) >= 11 is 0. The van der Waals surface area contributed by atoms with Crippen LogP contribution in [-0.2, 0) is 11.3 Å². The van der Waals surface area contributed by atoms with Gasteiger partial charge in [-0.15, -0.1) is 0 Å². The second-order valence-electron chi connectivity index (χ2n) is 7.67. The molecule has 1 fully saturated rings. The second kappa shape index (κ2) is 6.46. The molecule has 1 saturated heterocycles. The number of hydrogen-bond acceptors (Lipinski definition) is 3. The predicted octanol–water partition coefficient (Wildman–Crippen LogP) is 3.99. The van der Waals surface area contributed by atoms with Gasteiger partial charge >= 0.3 is 6.09 Å². The standard InChI is InChI=1S/C19H27N3O2/c1-14-20-16-7-5-6-8-17(16)22(14)13-15-9-11-21(12-10-15)18(23)24-19(2,3)4/h5-8,15H,9-13H2,1-4H3. The molecule has 0 radical (unpaired) electrons. The molecule has 0 N–H and O–H groups in total. The van der Waals surface area contributed by atoms with Crippen molar-refractivity contribution in [1.29, 1.82) is 0 Å². The molecule has 0 unspecified atom stereocenters. The van der Waals surface area contributed by atoms with Crippen molar-refractivity contribution >= 4 is 17.1 Å². The lowest BCUT2D eigenvalue weighted by Gasteiger charge is -2.33. The van der Waals surface area contributed by atoms with Crippen molar-refractivity contribution in [3.8, 4) is 0 Å². The van der Waals surface area contributed by atoms with Crippen molar-refractivity contribution in [2.45, 2.75) is 52.7 Å². The molecule has 3 rings (SSSR count). The molecule has 1 amide bonds. The monoisotopic (exact) mass is 329 g/mol. The van der Waals surface area contributed by atoms with Crippen LogP contribution in [0.4, 0.5) is 4.79 Å². The van der Waals surface area contributed by atoms with Gasteiger partial charge in [-0.05, 0) is 58.6 Å². The summed E-state index contributed by atoms with van der Waals surface area (Å²) in [5.74, 6) is 1.63. The van der Waals surface area contributed by atoms with E-state index in [9.17, 15) is 4.79 Å². The Morgan fingerprint density at radius 3 is 2.58 bits per heavy atom. The fraction of sp³-hybridized carbons (Fsp3) is 0.579. The van der Waals surface area contributed by atoms with Gasteiger partial charge in [0.05, 0.1) is 11.0 Å². The fourth-order valence-corrected chi connectivity index (χ4v) is 3.31. The number of aromatic nitrogens is 2. The summed E-state index contributed by atoms with van der Waals surface area (Å²) in [5.41, 5.74) is 1.83. The first-order chi connectivity index (χ1) is 11.3. The van der Waals surface area contributed by atoms with Crippen LogP contribution in [0.3, 0.4) is 0 Å². The van der Waals surface area contributed by atoms with Crippen LogP contribution >= 0.6 is 0 Å². The quantitative estimate of drug-likeness (QED) is 0.837. The van der Waals surface area contributed by atoms with Crippen LogP contribution in [0.15, 0.2) is 24.3 Å². The molecule has 0 saturated carbocycles. The minimum atomic E-state index is -0.430. The number of carbonyl (C=O) groups is 1. The smallest absolute Gasteiger partial charge is 0.410 e. The molecule has 0 atom stereocenters. The van der Waals surface area contributed by atoms with E-state index >= 15 is 0 Å². The van der Waals surface area contributed by atoms with E-state index in [0.29, 0.717) is 5.92 Å². The highest BCUT2D eigenvalue weighted by molar-refractivity contribution is 5.75. The van der Waals surface area contributed by atoms with Crippen LogP contribution < -0.4 is 0 Å². The number of hydrogen-bond donors (Lipinski definition) is 0. The van der Waals surface area contributed by atoms with Crippen molar-refractivity contribution in [3.05, 3.63) is 30.1 Å². The number of likely N-dealkylation sites (tertiary alicyclic amines) is 1. The van der Waals surface area contributed by atoms with Gasteiger partial charge < -0.3 is 14.2 Å². The molecule has 24 heavy (non-hydrogen) atoms. The van der Waals surface area contributed by atoms with Gasteiger partial charge in [0, 0.05) is 19.6 Å². The van der Waals surface area contributed by atoms with Crippen LogP contribution in [0.25, 0.3) is 11.0 Å².